The molecule has 12 heteroatoms. The van der Waals surface area contributed by atoms with Crippen molar-refractivity contribution in [3.8, 4) is 5.75 Å². The fourth-order valence-electron chi connectivity index (χ4n) is 2.10. The van der Waals surface area contributed by atoms with Crippen molar-refractivity contribution in [1.82, 2.24) is 10.9 Å². The third-order valence-electron chi connectivity index (χ3n) is 3.31. The van der Waals surface area contributed by atoms with Gasteiger partial charge in [0.15, 0.2) is 0 Å². The molecule has 2 rings (SSSR count). The van der Waals surface area contributed by atoms with Crippen LogP contribution in [0.25, 0.3) is 0 Å². The number of benzene rings is 2. The number of nitrogens with one attached hydrogen (secondary N) is 3. The number of amides is 3. The number of hydrogen-bond donors (Lipinski definition) is 3. The number of hydrazone groups is 2. The van der Waals surface area contributed by atoms with E-state index in [1.54, 1.807) is 37.3 Å². The normalized spacial score (nSPS) is 11.7. The summed E-state index contributed by atoms with van der Waals surface area (Å²) >= 11 is 0. The summed E-state index contributed by atoms with van der Waals surface area (Å²) in [6.45, 7) is 1.81. The Labute approximate surface area is 174 Å². The number of carbonyl (C=O) groups excluding carboxylic acids is 2. The molecule has 0 bridgehead atoms. The summed E-state index contributed by atoms with van der Waals surface area (Å²) in [5, 5.41) is 10.0. The van der Waals surface area contributed by atoms with E-state index in [-0.39, 0.29) is 18.0 Å². The van der Waals surface area contributed by atoms with Crippen molar-refractivity contribution >= 4 is 29.7 Å². The zero-order chi connectivity index (χ0) is 22.7. The van der Waals surface area contributed by atoms with Crippen molar-refractivity contribution in [1.29, 1.82) is 0 Å². The van der Waals surface area contributed by atoms with Gasteiger partial charge in [-0.25, -0.2) is 20.4 Å². The minimum absolute atomic E-state index is 0.173. The Morgan fingerprint density at radius 3 is 2.32 bits per heavy atom. The summed E-state index contributed by atoms with van der Waals surface area (Å²) in [4.78, 5) is 23.3. The van der Waals surface area contributed by atoms with Gasteiger partial charge in [0.2, 0.25) is 0 Å². The maximum Gasteiger partial charge on any atom is 0.573 e. The van der Waals surface area contributed by atoms with Crippen LogP contribution in [-0.2, 0) is 4.74 Å². The van der Waals surface area contributed by atoms with Crippen molar-refractivity contribution in [3.05, 3.63) is 60.2 Å². The Morgan fingerprint density at radius 1 is 1.03 bits per heavy atom. The molecule has 3 amide bonds. The molecule has 2 aromatic rings. The molecular weight excluding hydrogens is 419 g/mol. The molecule has 164 valence electrons. The van der Waals surface area contributed by atoms with Gasteiger partial charge in [-0.3, -0.25) is 0 Å². The predicted molar refractivity (Wildman–Crippen MR) is 107 cm³/mol. The Bertz CT molecular complexity index is 932. The van der Waals surface area contributed by atoms with Crippen LogP contribution >= 0.6 is 0 Å². The third-order valence-corrected chi connectivity index (χ3v) is 3.31. The molecule has 0 aliphatic heterocycles. The molecule has 0 aliphatic rings. The molecule has 0 saturated carbocycles. The topological polar surface area (TPSA) is 113 Å². The molecule has 2 aromatic carbocycles. The molecule has 0 atom stereocenters. The SMILES string of the molecule is CCOC(=O)NN=CC(=NNC(=O)Nc1ccc(OC(F)(F)F)cc1)c1ccccc1. The number of alkyl halides is 3. The van der Waals surface area contributed by atoms with Crippen LogP contribution in [0, 0.1) is 0 Å². The van der Waals surface area contributed by atoms with Crippen molar-refractivity contribution < 1.29 is 32.2 Å². The molecule has 3 N–H and O–H groups in total. The number of carbonyl (C=O) groups is 2. The molecule has 0 radical (unpaired) electrons. The van der Waals surface area contributed by atoms with Crippen molar-refractivity contribution in [2.75, 3.05) is 11.9 Å². The van der Waals surface area contributed by atoms with E-state index in [0.29, 0.717) is 5.56 Å². The first-order valence-corrected chi connectivity index (χ1v) is 8.78. The number of urea groups is 1. The van der Waals surface area contributed by atoms with Crippen LogP contribution in [0.15, 0.2) is 64.8 Å². The standard InChI is InChI=1S/C19H18F3N5O4/c1-2-30-18(29)27-23-12-16(13-6-4-3-5-7-13)25-26-17(28)24-14-8-10-15(11-9-14)31-19(20,21)22/h3-12H,2H2,1H3,(H,27,29)(H2,24,26,28). The number of ether oxygens (including phenoxy) is 2. The summed E-state index contributed by atoms with van der Waals surface area (Å²) in [7, 11) is 0. The molecule has 0 aliphatic carbocycles. The fraction of sp³-hybridized carbons (Fsp3) is 0.158. The van der Waals surface area contributed by atoms with Gasteiger partial charge >= 0.3 is 18.5 Å². The monoisotopic (exact) mass is 437 g/mol. The average molecular weight is 437 g/mol. The molecule has 0 heterocycles. The Morgan fingerprint density at radius 2 is 1.71 bits per heavy atom. The number of anilines is 1. The van der Waals surface area contributed by atoms with E-state index in [1.165, 1.54) is 18.3 Å². The Kier molecular flexibility index (Phi) is 8.37. The molecule has 9 nitrogen and oxygen atoms in total. The highest BCUT2D eigenvalue weighted by Crippen LogP contribution is 2.23. The predicted octanol–water partition coefficient (Wildman–Crippen LogP) is 3.84. The first-order valence-electron chi connectivity index (χ1n) is 8.78. The summed E-state index contributed by atoms with van der Waals surface area (Å²) in [6, 6.07) is 12.5. The maximum atomic E-state index is 12.2. The number of halogens is 3. The van der Waals surface area contributed by atoms with Crippen LogP contribution < -0.4 is 20.9 Å². The lowest BCUT2D eigenvalue weighted by Crippen LogP contribution is -2.26. The molecule has 0 aromatic heterocycles. The lowest BCUT2D eigenvalue weighted by atomic mass is 10.1. The molecule has 0 unspecified atom stereocenters. The first kappa shape index (κ1) is 23.2. The molecule has 31 heavy (non-hydrogen) atoms. The van der Waals surface area contributed by atoms with E-state index in [2.05, 4.69) is 35.8 Å². The second-order valence-corrected chi connectivity index (χ2v) is 5.59. The number of hydrogen-bond acceptors (Lipinski definition) is 6. The van der Waals surface area contributed by atoms with Gasteiger partial charge in [-0.2, -0.15) is 10.2 Å². The van der Waals surface area contributed by atoms with Crippen molar-refractivity contribution in [2.45, 2.75) is 13.3 Å². The highest BCUT2D eigenvalue weighted by molar-refractivity contribution is 6.38. The third kappa shape index (κ3) is 8.85. The first-order chi connectivity index (χ1) is 14.8. The van der Waals surface area contributed by atoms with Crippen LogP contribution in [0.3, 0.4) is 0 Å². The summed E-state index contributed by atoms with van der Waals surface area (Å²) in [5.74, 6) is -0.423. The fourth-order valence-corrected chi connectivity index (χ4v) is 2.10. The largest absolute Gasteiger partial charge is 0.573 e. The smallest absolute Gasteiger partial charge is 0.449 e. The number of rotatable bonds is 7. The highest BCUT2D eigenvalue weighted by atomic mass is 19.4. The lowest BCUT2D eigenvalue weighted by molar-refractivity contribution is -0.274. The second kappa shape index (κ2) is 11.2. The van der Waals surface area contributed by atoms with Crippen molar-refractivity contribution in [2.24, 2.45) is 10.2 Å². The van der Waals surface area contributed by atoms with E-state index in [9.17, 15) is 22.8 Å². The maximum absolute atomic E-state index is 12.2. The molecular formula is C19H18F3N5O4. The summed E-state index contributed by atoms with van der Waals surface area (Å²) < 4.78 is 45.0. The lowest BCUT2D eigenvalue weighted by Gasteiger charge is -2.10. The average Bonchev–Trinajstić information content (AvgIpc) is 2.72. The van der Waals surface area contributed by atoms with Gasteiger partial charge in [0.25, 0.3) is 0 Å². The zero-order valence-electron chi connectivity index (χ0n) is 16.1. The van der Waals surface area contributed by atoms with Gasteiger partial charge in [-0.1, -0.05) is 30.3 Å². The molecule has 0 saturated heterocycles. The van der Waals surface area contributed by atoms with Gasteiger partial charge < -0.3 is 14.8 Å². The van der Waals surface area contributed by atoms with Gasteiger partial charge in [-0.05, 0) is 31.2 Å². The highest BCUT2D eigenvalue weighted by Gasteiger charge is 2.30. The Hall–Kier alpha value is -4.09. The summed E-state index contributed by atoms with van der Waals surface area (Å²) in [6.07, 6.45) is -4.36. The number of nitrogens with zero attached hydrogens (tertiary/aromatic N) is 2. The van der Waals surface area contributed by atoms with Crippen LogP contribution in [0.2, 0.25) is 0 Å². The minimum atomic E-state index is -4.81. The van der Waals surface area contributed by atoms with Crippen molar-refractivity contribution in [3.63, 3.8) is 0 Å². The quantitative estimate of drug-likeness (QED) is 0.451. The molecule has 0 spiro atoms. The van der Waals surface area contributed by atoms with E-state index in [0.717, 1.165) is 12.1 Å². The van der Waals surface area contributed by atoms with E-state index in [1.807, 2.05) is 0 Å². The minimum Gasteiger partial charge on any atom is -0.449 e. The van der Waals surface area contributed by atoms with E-state index < -0.39 is 24.2 Å². The van der Waals surface area contributed by atoms with Gasteiger partial charge in [0.05, 0.1) is 12.8 Å². The zero-order valence-corrected chi connectivity index (χ0v) is 16.1. The Balaban J connectivity index is 2.02. The molecule has 0 fully saturated rings. The summed E-state index contributed by atoms with van der Waals surface area (Å²) in [5.41, 5.74) is 5.39. The van der Waals surface area contributed by atoms with E-state index in [4.69, 9.17) is 0 Å². The van der Waals surface area contributed by atoms with Gasteiger partial charge in [-0.15, -0.1) is 13.2 Å². The van der Waals surface area contributed by atoms with Gasteiger partial charge in [0.1, 0.15) is 11.5 Å². The second-order valence-electron chi connectivity index (χ2n) is 5.59. The van der Waals surface area contributed by atoms with Crippen LogP contribution in [0.5, 0.6) is 5.75 Å². The van der Waals surface area contributed by atoms with Crippen LogP contribution in [0.1, 0.15) is 12.5 Å². The van der Waals surface area contributed by atoms with Crippen LogP contribution in [-0.4, -0.2) is 37.0 Å². The van der Waals surface area contributed by atoms with Crippen LogP contribution in [0.4, 0.5) is 28.4 Å². The van der Waals surface area contributed by atoms with E-state index >= 15 is 0 Å². The van der Waals surface area contributed by atoms with Gasteiger partial charge in [0, 0.05) is 11.3 Å².